The predicted molar refractivity (Wildman–Crippen MR) is 177 cm³/mol. The number of anilines is 1. The van der Waals surface area contributed by atoms with Crippen LogP contribution in [0.2, 0.25) is 0 Å². The quantitative estimate of drug-likeness (QED) is 0.188. The highest BCUT2D eigenvalue weighted by molar-refractivity contribution is 5.95. The molecule has 1 aliphatic rings. The highest BCUT2D eigenvalue weighted by atomic mass is 16.6. The summed E-state index contributed by atoms with van der Waals surface area (Å²) in [5, 5.41) is 7.86. The highest BCUT2D eigenvalue weighted by Crippen LogP contribution is 2.32. The summed E-state index contributed by atoms with van der Waals surface area (Å²) in [4.78, 5) is 30.8. The number of carbonyl (C=O) groups is 2. The van der Waals surface area contributed by atoms with Gasteiger partial charge in [0.05, 0.1) is 24.2 Å². The van der Waals surface area contributed by atoms with Crippen molar-refractivity contribution in [3.63, 3.8) is 0 Å². The number of likely N-dealkylation sites (tertiary alicyclic amines) is 1. The van der Waals surface area contributed by atoms with E-state index >= 15 is 0 Å². The van der Waals surface area contributed by atoms with Crippen LogP contribution in [0.1, 0.15) is 39.0 Å². The molecule has 1 amide bonds. The number of amides is 1. The van der Waals surface area contributed by atoms with E-state index < -0.39 is 5.60 Å². The zero-order valence-corrected chi connectivity index (χ0v) is 26.7. The Morgan fingerprint density at radius 2 is 1.72 bits per heavy atom. The van der Waals surface area contributed by atoms with Gasteiger partial charge in [0.1, 0.15) is 23.8 Å². The Morgan fingerprint density at radius 3 is 2.48 bits per heavy atom. The summed E-state index contributed by atoms with van der Waals surface area (Å²) in [5.74, 6) is 1.02. The van der Waals surface area contributed by atoms with Gasteiger partial charge in [0, 0.05) is 48.1 Å². The zero-order chi connectivity index (χ0) is 32.4. The molecule has 1 aliphatic heterocycles. The number of aromatic nitrogens is 3. The monoisotopic (exact) mass is 621 g/mol. The van der Waals surface area contributed by atoms with E-state index in [1.165, 1.54) is 0 Å². The molecule has 238 valence electrons. The molecule has 0 bridgehead atoms. The van der Waals surface area contributed by atoms with Crippen LogP contribution in [0.5, 0.6) is 5.75 Å². The second kappa shape index (κ2) is 12.7. The van der Waals surface area contributed by atoms with E-state index in [-0.39, 0.29) is 31.0 Å². The molecule has 0 atom stereocenters. The molecule has 0 radical (unpaired) electrons. The van der Waals surface area contributed by atoms with Crippen molar-refractivity contribution < 1.29 is 23.8 Å². The van der Waals surface area contributed by atoms with Gasteiger partial charge in [0.25, 0.3) is 0 Å². The van der Waals surface area contributed by atoms with Crippen LogP contribution in [0.15, 0.2) is 72.9 Å². The van der Waals surface area contributed by atoms with Crippen molar-refractivity contribution in [1.82, 2.24) is 19.7 Å². The van der Waals surface area contributed by atoms with Crippen LogP contribution in [0.4, 0.5) is 10.6 Å². The van der Waals surface area contributed by atoms with Gasteiger partial charge in [-0.2, -0.15) is 5.10 Å². The van der Waals surface area contributed by atoms with E-state index in [1.54, 1.807) is 18.0 Å². The Morgan fingerprint density at radius 1 is 0.978 bits per heavy atom. The molecule has 1 saturated heterocycles. The first kappa shape index (κ1) is 30.9. The fraction of sp³-hybridized carbons (Fsp3) is 0.333. The molecule has 2 N–H and O–H groups in total. The number of fused-ring (bicyclic) bond motifs is 2. The third-order valence-electron chi connectivity index (χ3n) is 7.99. The van der Waals surface area contributed by atoms with E-state index in [2.05, 4.69) is 29.2 Å². The molecular formula is C36H39N5O5. The maximum atomic E-state index is 12.5. The minimum atomic E-state index is -0.541. The van der Waals surface area contributed by atoms with Gasteiger partial charge < -0.3 is 24.8 Å². The minimum Gasteiger partial charge on any atom is -0.487 e. The van der Waals surface area contributed by atoms with Crippen LogP contribution in [-0.2, 0) is 33.8 Å². The number of nitrogen functional groups attached to an aromatic ring is 1. The molecule has 2 aromatic heterocycles. The van der Waals surface area contributed by atoms with Gasteiger partial charge in [-0.05, 0) is 74.5 Å². The maximum absolute atomic E-state index is 12.5. The van der Waals surface area contributed by atoms with E-state index in [0.29, 0.717) is 37.8 Å². The highest BCUT2D eigenvalue weighted by Gasteiger charge is 2.34. The average molecular weight is 622 g/mol. The number of ether oxygens (including phenoxy) is 3. The van der Waals surface area contributed by atoms with Crippen molar-refractivity contribution in [3.8, 4) is 16.9 Å². The van der Waals surface area contributed by atoms with Crippen LogP contribution in [-0.4, -0.2) is 57.0 Å². The second-order valence-corrected chi connectivity index (χ2v) is 12.6. The number of carbonyl (C=O) groups excluding carboxylic acids is 2. The van der Waals surface area contributed by atoms with Gasteiger partial charge in [-0.25, -0.2) is 9.78 Å². The van der Waals surface area contributed by atoms with Crippen molar-refractivity contribution >= 4 is 39.6 Å². The van der Waals surface area contributed by atoms with Crippen LogP contribution < -0.4 is 10.5 Å². The first-order chi connectivity index (χ1) is 22.1. The lowest BCUT2D eigenvalue weighted by Gasteiger charge is -2.39. The van der Waals surface area contributed by atoms with Crippen LogP contribution in [0.25, 0.3) is 32.8 Å². The third-order valence-corrected chi connectivity index (χ3v) is 7.99. The lowest BCUT2D eigenvalue weighted by atomic mass is 9.99. The summed E-state index contributed by atoms with van der Waals surface area (Å²) in [5.41, 5.74) is 10.2. The second-order valence-electron chi connectivity index (χ2n) is 12.6. The molecule has 0 unspecified atom stereocenters. The summed E-state index contributed by atoms with van der Waals surface area (Å²) >= 11 is 0. The normalized spacial score (nSPS) is 13.5. The SMILES string of the molecule is CCOC(=O)Cc1ccccc1OCc1c2cc(-c3ccc4ccnc(N)c4c3)ccc2nn1CC1CN(C(=O)OC(C)(C)C)C1. The van der Waals surface area contributed by atoms with Gasteiger partial charge in [0.2, 0.25) is 0 Å². The van der Waals surface area contributed by atoms with E-state index in [4.69, 9.17) is 25.0 Å². The van der Waals surface area contributed by atoms with Gasteiger partial charge in [-0.15, -0.1) is 0 Å². The number of benzene rings is 3. The summed E-state index contributed by atoms with van der Waals surface area (Å²) in [6.07, 6.45) is 1.53. The van der Waals surface area contributed by atoms with Crippen LogP contribution in [0.3, 0.4) is 0 Å². The van der Waals surface area contributed by atoms with E-state index in [9.17, 15) is 9.59 Å². The zero-order valence-electron chi connectivity index (χ0n) is 26.7. The van der Waals surface area contributed by atoms with E-state index in [1.807, 2.05) is 67.9 Å². The Hall–Kier alpha value is -5.12. The van der Waals surface area contributed by atoms with Gasteiger partial charge in [0.15, 0.2) is 0 Å². The number of nitrogens with two attached hydrogens (primary N) is 1. The van der Waals surface area contributed by atoms with Crippen molar-refractivity contribution in [2.24, 2.45) is 5.92 Å². The molecular weight excluding hydrogens is 582 g/mol. The predicted octanol–water partition coefficient (Wildman–Crippen LogP) is 6.39. The van der Waals surface area contributed by atoms with Crippen molar-refractivity contribution in [2.75, 3.05) is 25.4 Å². The Labute approximate surface area is 268 Å². The molecule has 3 aromatic carbocycles. The number of hydrogen-bond acceptors (Lipinski definition) is 8. The van der Waals surface area contributed by atoms with Crippen LogP contribution >= 0.6 is 0 Å². The number of nitrogens with zero attached hydrogens (tertiary/aromatic N) is 4. The molecule has 5 aromatic rings. The summed E-state index contributed by atoms with van der Waals surface area (Å²) < 4.78 is 19.1. The largest absolute Gasteiger partial charge is 0.487 e. The fourth-order valence-corrected chi connectivity index (χ4v) is 5.75. The molecule has 46 heavy (non-hydrogen) atoms. The number of rotatable bonds is 9. The molecule has 0 saturated carbocycles. The Balaban J connectivity index is 1.31. The molecule has 10 heteroatoms. The first-order valence-corrected chi connectivity index (χ1v) is 15.6. The number of hydrogen-bond donors (Lipinski definition) is 1. The van der Waals surface area contributed by atoms with Crippen molar-refractivity contribution in [2.45, 2.75) is 52.9 Å². The maximum Gasteiger partial charge on any atom is 0.410 e. The number of pyridine rings is 1. The van der Waals surface area contributed by atoms with E-state index in [0.717, 1.165) is 44.1 Å². The summed E-state index contributed by atoms with van der Waals surface area (Å²) in [6.45, 7) is 9.74. The van der Waals surface area contributed by atoms with Gasteiger partial charge >= 0.3 is 12.1 Å². The smallest absolute Gasteiger partial charge is 0.410 e. The molecule has 3 heterocycles. The molecule has 0 spiro atoms. The standard InChI is InChI=1S/C36H39N5O5/c1-5-44-33(42)18-27-8-6-7-9-32(27)45-22-31-29-17-26(25-11-10-24-14-15-38-34(37)28(24)16-25)12-13-30(29)39-41(31)21-23-19-40(20-23)35(43)46-36(2,3)4/h6-17,23H,5,18-22H2,1-4H3,(H2,37,38). The molecule has 6 rings (SSSR count). The average Bonchev–Trinajstić information content (AvgIpc) is 3.33. The lowest BCUT2D eigenvalue weighted by molar-refractivity contribution is -0.142. The fourth-order valence-electron chi connectivity index (χ4n) is 5.75. The molecule has 1 fully saturated rings. The van der Waals surface area contributed by atoms with Crippen molar-refractivity contribution in [1.29, 1.82) is 0 Å². The Kier molecular flexibility index (Phi) is 8.53. The number of para-hydroxylation sites is 1. The number of esters is 1. The van der Waals surface area contributed by atoms with Gasteiger partial charge in [-0.1, -0.05) is 36.4 Å². The summed E-state index contributed by atoms with van der Waals surface area (Å²) in [7, 11) is 0. The molecule has 0 aliphatic carbocycles. The van der Waals surface area contributed by atoms with Gasteiger partial charge in [-0.3, -0.25) is 9.48 Å². The van der Waals surface area contributed by atoms with Crippen molar-refractivity contribution in [3.05, 3.63) is 84.2 Å². The minimum absolute atomic E-state index is 0.122. The topological polar surface area (TPSA) is 122 Å². The molecule has 10 nitrogen and oxygen atoms in total. The third kappa shape index (κ3) is 6.75. The van der Waals surface area contributed by atoms with Crippen LogP contribution in [0, 0.1) is 5.92 Å². The lowest BCUT2D eigenvalue weighted by Crippen LogP contribution is -2.53. The first-order valence-electron chi connectivity index (χ1n) is 15.6. The summed E-state index contributed by atoms with van der Waals surface area (Å²) in [6, 6.07) is 21.8. The Bertz CT molecular complexity index is 1900.